The lowest BCUT2D eigenvalue weighted by Crippen LogP contribution is -2.14. The van der Waals surface area contributed by atoms with E-state index < -0.39 is 5.91 Å². The summed E-state index contributed by atoms with van der Waals surface area (Å²) in [6.45, 7) is 0. The molecule has 1 amide bonds. The first-order chi connectivity index (χ1) is 11.4. The highest BCUT2D eigenvalue weighted by atomic mass is 35.5. The Labute approximate surface area is 148 Å². The van der Waals surface area contributed by atoms with Crippen molar-refractivity contribution < 1.29 is 14.6 Å². The van der Waals surface area contributed by atoms with E-state index in [9.17, 15) is 15.2 Å². The van der Waals surface area contributed by atoms with Gasteiger partial charge in [0.05, 0.1) is 12.8 Å². The normalized spacial score (nSPS) is 10.8. The second kappa shape index (κ2) is 7.73. The third-order valence-corrected chi connectivity index (χ3v) is 3.53. The van der Waals surface area contributed by atoms with Crippen molar-refractivity contribution >= 4 is 40.9 Å². The van der Waals surface area contributed by atoms with Gasteiger partial charge in [0, 0.05) is 15.6 Å². The Kier molecular flexibility index (Phi) is 5.69. The third-order valence-electron chi connectivity index (χ3n) is 3.06. The average molecular weight is 363 g/mol. The van der Waals surface area contributed by atoms with E-state index in [2.05, 4.69) is 5.32 Å². The van der Waals surface area contributed by atoms with Crippen molar-refractivity contribution in [1.29, 1.82) is 5.26 Å². The number of ether oxygens (including phenoxy) is 1. The van der Waals surface area contributed by atoms with E-state index in [0.29, 0.717) is 21.5 Å². The number of phenols is 1. The molecule has 0 aliphatic rings. The zero-order valence-electron chi connectivity index (χ0n) is 12.5. The maximum absolute atomic E-state index is 12.3. The first-order valence-corrected chi connectivity index (χ1v) is 7.45. The number of nitriles is 1. The summed E-state index contributed by atoms with van der Waals surface area (Å²) >= 11 is 11.8. The molecule has 0 spiro atoms. The number of benzene rings is 2. The number of nitrogens with zero attached hydrogens (tertiary/aromatic N) is 1. The van der Waals surface area contributed by atoms with Crippen LogP contribution in [0.25, 0.3) is 6.08 Å². The largest absolute Gasteiger partial charge is 0.507 e. The fraction of sp³-hybridized carbons (Fsp3) is 0.0588. The molecule has 0 unspecified atom stereocenters. The van der Waals surface area contributed by atoms with E-state index in [0.717, 1.165) is 0 Å². The van der Waals surface area contributed by atoms with Crippen LogP contribution < -0.4 is 10.1 Å². The summed E-state index contributed by atoms with van der Waals surface area (Å²) in [6, 6.07) is 10.8. The summed E-state index contributed by atoms with van der Waals surface area (Å²) < 4.78 is 5.13. The fourth-order valence-corrected chi connectivity index (χ4v) is 2.27. The molecule has 0 heterocycles. The predicted octanol–water partition coefficient (Wildman–Crippen LogP) is 4.25. The number of carbonyl (C=O) groups excluding carboxylic acids is 1. The highest BCUT2D eigenvalue weighted by Gasteiger charge is 2.14. The van der Waals surface area contributed by atoms with Crippen molar-refractivity contribution in [1.82, 2.24) is 0 Å². The number of hydrogen-bond acceptors (Lipinski definition) is 4. The van der Waals surface area contributed by atoms with Gasteiger partial charge in [0.25, 0.3) is 5.91 Å². The van der Waals surface area contributed by atoms with Crippen molar-refractivity contribution in [3.8, 4) is 17.6 Å². The Morgan fingerprint density at radius 1 is 1.25 bits per heavy atom. The van der Waals surface area contributed by atoms with Crippen LogP contribution in [0.5, 0.6) is 11.5 Å². The first kappa shape index (κ1) is 17.7. The SMILES string of the molecule is COc1ccc(Cl)cc1NC(=O)/C(C#N)=C/c1cc(Cl)ccc1O. The lowest BCUT2D eigenvalue weighted by atomic mass is 10.1. The van der Waals surface area contributed by atoms with Crippen LogP contribution in [0.3, 0.4) is 0 Å². The average Bonchev–Trinajstić information content (AvgIpc) is 2.55. The van der Waals surface area contributed by atoms with Gasteiger partial charge >= 0.3 is 0 Å². The van der Waals surface area contributed by atoms with Gasteiger partial charge in [-0.05, 0) is 42.5 Å². The molecule has 24 heavy (non-hydrogen) atoms. The molecule has 0 atom stereocenters. The van der Waals surface area contributed by atoms with Crippen molar-refractivity contribution in [2.45, 2.75) is 0 Å². The van der Waals surface area contributed by atoms with Gasteiger partial charge in [-0.3, -0.25) is 4.79 Å². The van der Waals surface area contributed by atoms with Crippen LogP contribution in [0, 0.1) is 11.3 Å². The molecule has 0 fully saturated rings. The molecular weight excluding hydrogens is 351 g/mol. The number of carbonyl (C=O) groups is 1. The highest BCUT2D eigenvalue weighted by Crippen LogP contribution is 2.29. The van der Waals surface area contributed by atoms with Crippen LogP contribution in [0.2, 0.25) is 10.0 Å². The van der Waals surface area contributed by atoms with Gasteiger partial charge in [-0.15, -0.1) is 0 Å². The van der Waals surface area contributed by atoms with E-state index in [1.165, 1.54) is 37.5 Å². The number of anilines is 1. The van der Waals surface area contributed by atoms with Crippen LogP contribution in [0.1, 0.15) is 5.56 Å². The number of amides is 1. The van der Waals surface area contributed by atoms with E-state index >= 15 is 0 Å². The number of aromatic hydroxyl groups is 1. The monoisotopic (exact) mass is 362 g/mol. The molecule has 122 valence electrons. The molecule has 0 radical (unpaired) electrons. The molecule has 7 heteroatoms. The second-order valence-electron chi connectivity index (χ2n) is 4.67. The molecule has 0 aromatic heterocycles. The predicted molar refractivity (Wildman–Crippen MR) is 93.3 cm³/mol. The topological polar surface area (TPSA) is 82.3 Å². The summed E-state index contributed by atoms with van der Waals surface area (Å²) in [7, 11) is 1.45. The Hall–Kier alpha value is -2.68. The minimum Gasteiger partial charge on any atom is -0.507 e. The zero-order valence-corrected chi connectivity index (χ0v) is 14.0. The zero-order chi connectivity index (χ0) is 17.7. The van der Waals surface area contributed by atoms with Crippen LogP contribution in [-0.4, -0.2) is 18.1 Å². The van der Waals surface area contributed by atoms with Gasteiger partial charge < -0.3 is 15.2 Å². The molecule has 2 aromatic rings. The first-order valence-electron chi connectivity index (χ1n) is 6.70. The van der Waals surface area contributed by atoms with Crippen molar-refractivity contribution in [3.63, 3.8) is 0 Å². The minimum atomic E-state index is -0.669. The molecule has 0 saturated carbocycles. The number of nitrogens with one attached hydrogen (secondary N) is 1. The van der Waals surface area contributed by atoms with Crippen molar-refractivity contribution in [2.24, 2.45) is 0 Å². The number of methoxy groups -OCH3 is 1. The van der Waals surface area contributed by atoms with Crippen molar-refractivity contribution in [3.05, 3.63) is 57.6 Å². The maximum atomic E-state index is 12.3. The second-order valence-corrected chi connectivity index (χ2v) is 5.54. The van der Waals surface area contributed by atoms with E-state index in [-0.39, 0.29) is 16.9 Å². The summed E-state index contributed by atoms with van der Waals surface area (Å²) in [5.74, 6) is -0.367. The Morgan fingerprint density at radius 3 is 2.58 bits per heavy atom. The molecule has 2 aromatic carbocycles. The number of halogens is 2. The third kappa shape index (κ3) is 4.19. The van der Waals surface area contributed by atoms with Crippen LogP contribution in [0.15, 0.2) is 42.0 Å². The summed E-state index contributed by atoms with van der Waals surface area (Å²) in [6.07, 6.45) is 1.24. The van der Waals surface area contributed by atoms with Gasteiger partial charge in [0.1, 0.15) is 23.1 Å². The fourth-order valence-electron chi connectivity index (χ4n) is 1.91. The van der Waals surface area contributed by atoms with Crippen LogP contribution >= 0.6 is 23.2 Å². The molecule has 2 N–H and O–H groups in total. The van der Waals surface area contributed by atoms with E-state index in [4.69, 9.17) is 27.9 Å². The molecule has 5 nitrogen and oxygen atoms in total. The summed E-state index contributed by atoms with van der Waals surface area (Å²) in [5, 5.41) is 22.3. The Morgan fingerprint density at radius 2 is 1.92 bits per heavy atom. The molecular formula is C17H12Cl2N2O3. The van der Waals surface area contributed by atoms with E-state index in [1.807, 2.05) is 0 Å². The smallest absolute Gasteiger partial charge is 0.266 e. The summed E-state index contributed by atoms with van der Waals surface area (Å²) in [5.41, 5.74) is 0.369. The maximum Gasteiger partial charge on any atom is 0.266 e. The van der Waals surface area contributed by atoms with E-state index in [1.54, 1.807) is 18.2 Å². The Balaban J connectivity index is 2.33. The molecule has 0 aliphatic carbocycles. The molecule has 0 saturated heterocycles. The van der Waals surface area contributed by atoms with Crippen LogP contribution in [0.4, 0.5) is 5.69 Å². The number of hydrogen-bond donors (Lipinski definition) is 2. The molecule has 2 rings (SSSR count). The lowest BCUT2D eigenvalue weighted by molar-refractivity contribution is -0.112. The summed E-state index contributed by atoms with van der Waals surface area (Å²) in [4.78, 5) is 12.3. The Bertz CT molecular complexity index is 857. The highest BCUT2D eigenvalue weighted by molar-refractivity contribution is 6.31. The minimum absolute atomic E-state index is 0.0970. The van der Waals surface area contributed by atoms with Gasteiger partial charge in [0.2, 0.25) is 0 Å². The lowest BCUT2D eigenvalue weighted by Gasteiger charge is -2.10. The number of rotatable bonds is 4. The number of phenolic OH excluding ortho intramolecular Hbond substituents is 1. The quantitative estimate of drug-likeness (QED) is 0.628. The van der Waals surface area contributed by atoms with Gasteiger partial charge in [-0.1, -0.05) is 23.2 Å². The van der Waals surface area contributed by atoms with Gasteiger partial charge in [0.15, 0.2) is 0 Å². The van der Waals surface area contributed by atoms with Gasteiger partial charge in [-0.25, -0.2) is 0 Å². The molecule has 0 bridgehead atoms. The van der Waals surface area contributed by atoms with Crippen molar-refractivity contribution in [2.75, 3.05) is 12.4 Å². The van der Waals surface area contributed by atoms with Gasteiger partial charge in [-0.2, -0.15) is 5.26 Å². The van der Waals surface area contributed by atoms with Crippen LogP contribution in [-0.2, 0) is 4.79 Å². The molecule has 0 aliphatic heterocycles. The standard InChI is InChI=1S/C17H12Cl2N2O3/c1-24-16-5-3-13(19)8-14(16)21-17(23)11(9-20)6-10-7-12(18)2-4-15(10)22/h2-8,22H,1H3,(H,21,23)/b11-6+.